The molecule has 0 spiro atoms. The van der Waals surface area contributed by atoms with E-state index < -0.39 is 8.32 Å². The van der Waals surface area contributed by atoms with Crippen LogP contribution in [0.25, 0.3) is 21.8 Å². The summed E-state index contributed by atoms with van der Waals surface area (Å²) in [7, 11) is -0.178. The smallest absolute Gasteiger partial charge is 0.192 e. The molecule has 0 fully saturated rings. The van der Waals surface area contributed by atoms with Crippen molar-refractivity contribution in [1.29, 1.82) is 0 Å². The number of anilines is 1. The summed E-state index contributed by atoms with van der Waals surface area (Å²) in [5.41, 5.74) is 11.8. The topological polar surface area (TPSA) is 70.3 Å². The van der Waals surface area contributed by atoms with Crippen LogP contribution in [0, 0.1) is 18.8 Å². The molecule has 0 unspecified atom stereocenters. The predicted octanol–water partition coefficient (Wildman–Crippen LogP) is 6.60. The molecule has 2 N–H and O–H groups in total. The van der Waals surface area contributed by atoms with Crippen molar-refractivity contribution in [2.24, 2.45) is 0 Å². The van der Waals surface area contributed by atoms with E-state index in [1.165, 1.54) is 0 Å². The van der Waals surface area contributed by atoms with Gasteiger partial charge in [0.05, 0.1) is 19.2 Å². The highest BCUT2D eigenvalue weighted by atomic mass is 28.4. The van der Waals surface area contributed by atoms with E-state index >= 15 is 0 Å². The molecule has 0 aliphatic rings. The van der Waals surface area contributed by atoms with E-state index in [0.29, 0.717) is 17.9 Å². The quantitative estimate of drug-likeness (QED) is 0.201. The molecule has 0 radical (unpaired) electrons. The number of benzene rings is 2. The Morgan fingerprint density at radius 3 is 2.46 bits per heavy atom. The first kappa shape index (κ1) is 24.7. The summed E-state index contributed by atoms with van der Waals surface area (Å²) in [6.45, 7) is 13.9. The molecule has 35 heavy (non-hydrogen) atoms. The molecule has 0 atom stereocenters. The van der Waals surface area contributed by atoms with Gasteiger partial charge in [-0.05, 0) is 66.5 Å². The zero-order valence-electron chi connectivity index (χ0n) is 21.6. The van der Waals surface area contributed by atoms with Gasteiger partial charge in [0.1, 0.15) is 11.3 Å². The van der Waals surface area contributed by atoms with E-state index in [0.717, 1.165) is 44.3 Å². The molecule has 4 aromatic rings. The number of hydrogen-bond acceptors (Lipinski definition) is 5. The van der Waals surface area contributed by atoms with Crippen LogP contribution >= 0.6 is 0 Å². The molecule has 2 heterocycles. The van der Waals surface area contributed by atoms with Crippen molar-refractivity contribution < 1.29 is 9.16 Å². The summed E-state index contributed by atoms with van der Waals surface area (Å²) in [6.07, 6.45) is 1.75. The van der Waals surface area contributed by atoms with E-state index in [2.05, 4.69) is 73.9 Å². The van der Waals surface area contributed by atoms with E-state index in [-0.39, 0.29) is 5.04 Å². The number of nitrogens with zero attached hydrogens (tertiary/aromatic N) is 2. The Kier molecular flexibility index (Phi) is 6.59. The van der Waals surface area contributed by atoms with Crippen molar-refractivity contribution in [3.8, 4) is 17.6 Å². The first-order valence-corrected chi connectivity index (χ1v) is 14.7. The van der Waals surface area contributed by atoms with Gasteiger partial charge in [0.2, 0.25) is 0 Å². The molecule has 180 valence electrons. The molecule has 5 nitrogen and oxygen atoms in total. The number of pyridine rings is 2. The van der Waals surface area contributed by atoms with Crippen LogP contribution in [0.15, 0.2) is 48.7 Å². The van der Waals surface area contributed by atoms with Gasteiger partial charge in [-0.25, -0.2) is 4.98 Å². The van der Waals surface area contributed by atoms with E-state index in [1.54, 1.807) is 13.3 Å². The van der Waals surface area contributed by atoms with Crippen LogP contribution in [0.2, 0.25) is 18.1 Å². The highest BCUT2D eigenvalue weighted by molar-refractivity contribution is 6.74. The summed E-state index contributed by atoms with van der Waals surface area (Å²) in [5, 5.41) is 2.11. The van der Waals surface area contributed by atoms with Crippen molar-refractivity contribution in [2.45, 2.75) is 52.4 Å². The van der Waals surface area contributed by atoms with Gasteiger partial charge in [0.25, 0.3) is 0 Å². The second kappa shape index (κ2) is 9.33. The van der Waals surface area contributed by atoms with Crippen molar-refractivity contribution in [3.63, 3.8) is 0 Å². The highest BCUT2D eigenvalue weighted by Crippen LogP contribution is 2.37. The summed E-state index contributed by atoms with van der Waals surface area (Å²) in [6, 6.07) is 14.2. The van der Waals surface area contributed by atoms with Gasteiger partial charge in [-0.1, -0.05) is 44.7 Å². The number of fused-ring (bicyclic) bond motifs is 3. The zero-order valence-corrected chi connectivity index (χ0v) is 22.6. The van der Waals surface area contributed by atoms with Crippen molar-refractivity contribution in [2.75, 3.05) is 12.8 Å². The summed E-state index contributed by atoms with van der Waals surface area (Å²) in [5.74, 6) is 7.74. The molecule has 0 aliphatic heterocycles. The second-order valence-corrected chi connectivity index (χ2v) is 15.3. The number of hydrogen-bond donors (Lipinski definition) is 1. The maximum Gasteiger partial charge on any atom is 0.192 e. The van der Waals surface area contributed by atoms with Gasteiger partial charge in [-0.2, -0.15) is 0 Å². The van der Waals surface area contributed by atoms with Crippen molar-refractivity contribution in [3.05, 3.63) is 70.9 Å². The van der Waals surface area contributed by atoms with Gasteiger partial charge >= 0.3 is 0 Å². The van der Waals surface area contributed by atoms with Crippen LogP contribution in [-0.2, 0) is 11.0 Å². The van der Waals surface area contributed by atoms with Gasteiger partial charge in [-0.3, -0.25) is 4.98 Å². The van der Waals surface area contributed by atoms with Gasteiger partial charge in [-0.15, -0.1) is 0 Å². The largest absolute Gasteiger partial charge is 0.497 e. The van der Waals surface area contributed by atoms with Crippen LogP contribution in [0.5, 0.6) is 5.75 Å². The van der Waals surface area contributed by atoms with Gasteiger partial charge in [0.15, 0.2) is 14.1 Å². The first-order chi connectivity index (χ1) is 16.5. The minimum Gasteiger partial charge on any atom is -0.497 e. The molecule has 0 aliphatic carbocycles. The lowest BCUT2D eigenvalue weighted by Crippen LogP contribution is -2.40. The summed E-state index contributed by atoms with van der Waals surface area (Å²) in [4.78, 5) is 9.21. The first-order valence-electron chi connectivity index (χ1n) is 11.8. The van der Waals surface area contributed by atoms with E-state index in [9.17, 15) is 0 Å². The molecular weight excluding hydrogens is 450 g/mol. The lowest BCUT2D eigenvalue weighted by molar-refractivity contribution is 0.276. The average molecular weight is 484 g/mol. The third-order valence-electron chi connectivity index (χ3n) is 6.90. The molecule has 0 saturated carbocycles. The number of aromatic nitrogens is 2. The Bertz CT molecular complexity index is 1480. The van der Waals surface area contributed by atoms with Crippen LogP contribution < -0.4 is 10.5 Å². The number of nitrogens with two attached hydrogens (primary N) is 1. The Morgan fingerprint density at radius 1 is 1.00 bits per heavy atom. The minimum absolute atomic E-state index is 0.163. The Hall–Kier alpha value is -3.40. The molecule has 0 amide bonds. The lowest BCUT2D eigenvalue weighted by atomic mass is 10.0. The van der Waals surface area contributed by atoms with E-state index in [1.807, 2.05) is 31.2 Å². The monoisotopic (exact) mass is 483 g/mol. The Balaban J connectivity index is 1.69. The highest BCUT2D eigenvalue weighted by Gasteiger charge is 2.37. The Labute approximate surface area is 208 Å². The zero-order chi connectivity index (χ0) is 25.4. The molecule has 0 saturated heterocycles. The molecule has 0 bridgehead atoms. The molecular formula is C29H33N3O2Si. The molecule has 6 heteroatoms. The number of rotatable bonds is 4. The second-order valence-electron chi connectivity index (χ2n) is 10.4. The lowest BCUT2D eigenvalue weighted by Gasteiger charge is -2.36. The van der Waals surface area contributed by atoms with Crippen LogP contribution in [0.3, 0.4) is 0 Å². The van der Waals surface area contributed by atoms with Crippen molar-refractivity contribution >= 4 is 35.9 Å². The number of nitrogen functional groups attached to an aromatic ring is 1. The average Bonchev–Trinajstić information content (AvgIpc) is 2.81. The van der Waals surface area contributed by atoms with Gasteiger partial charge in [0, 0.05) is 28.1 Å². The maximum absolute atomic E-state index is 6.41. The van der Waals surface area contributed by atoms with Crippen LogP contribution in [0.1, 0.15) is 43.0 Å². The SMILES string of the molecule is COc1ccc(C#Cc2cnc3c(N)nc4cc(CO[Si](C)(C)C(C)(C)C)ccc4c3c2)c(C)c1. The van der Waals surface area contributed by atoms with Gasteiger partial charge < -0.3 is 14.9 Å². The predicted molar refractivity (Wildman–Crippen MR) is 147 cm³/mol. The number of methoxy groups -OCH3 is 1. The molecule has 2 aromatic carbocycles. The van der Waals surface area contributed by atoms with Crippen molar-refractivity contribution in [1.82, 2.24) is 9.97 Å². The Morgan fingerprint density at radius 2 is 1.77 bits per heavy atom. The van der Waals surface area contributed by atoms with Crippen LogP contribution in [-0.4, -0.2) is 25.4 Å². The third kappa shape index (κ3) is 5.17. The number of ether oxygens (including phenoxy) is 1. The normalized spacial score (nSPS) is 12.0. The van der Waals surface area contributed by atoms with Crippen LogP contribution in [0.4, 0.5) is 5.82 Å². The fourth-order valence-electron chi connectivity index (χ4n) is 3.64. The fourth-order valence-corrected chi connectivity index (χ4v) is 4.60. The molecule has 2 aromatic heterocycles. The molecule has 4 rings (SSSR count). The third-order valence-corrected chi connectivity index (χ3v) is 11.4. The maximum atomic E-state index is 6.41. The number of aryl methyl sites for hydroxylation is 1. The fraction of sp³-hybridized carbons (Fsp3) is 0.310. The minimum atomic E-state index is -1.84. The summed E-state index contributed by atoms with van der Waals surface area (Å²) >= 11 is 0. The van der Waals surface area contributed by atoms with E-state index in [4.69, 9.17) is 14.9 Å². The summed E-state index contributed by atoms with van der Waals surface area (Å²) < 4.78 is 11.7. The standard InChI is InChI=1S/C29H33N3O2Si/c1-19-14-23(33-5)12-11-22(19)10-8-20-15-25-24-13-9-21(18-34-35(6,7)29(2,3)4)16-26(24)32-28(30)27(25)31-17-20/h9,11-17H,18H2,1-7H3,(H2,30,32).